The van der Waals surface area contributed by atoms with E-state index >= 15 is 0 Å². The smallest absolute Gasteiger partial charge is 0.223 e. The molecule has 0 aromatic rings. The first-order valence-corrected chi connectivity index (χ1v) is 7.39. The molecular weight excluding hydrogens is 228 g/mol. The van der Waals surface area contributed by atoms with Crippen LogP contribution in [0.4, 0.5) is 0 Å². The predicted molar refractivity (Wildman–Crippen MR) is 69.3 cm³/mol. The average molecular weight is 252 g/mol. The summed E-state index contributed by atoms with van der Waals surface area (Å²) in [7, 11) is 0. The Morgan fingerprint density at radius 1 is 1.22 bits per heavy atom. The Morgan fingerprint density at radius 3 is 2.50 bits per heavy atom. The molecule has 0 spiro atoms. The van der Waals surface area contributed by atoms with E-state index < -0.39 is 0 Å². The fraction of sp³-hybridized carbons (Fsp3) is 0.929. The molecule has 0 saturated carbocycles. The van der Waals surface area contributed by atoms with Crippen LogP contribution in [0.3, 0.4) is 0 Å². The van der Waals surface area contributed by atoms with E-state index in [0.29, 0.717) is 23.9 Å². The topological polar surface area (TPSA) is 32.8 Å². The first kappa shape index (κ1) is 12.4. The fourth-order valence-electron chi connectivity index (χ4n) is 3.67. The van der Waals surface area contributed by atoms with Gasteiger partial charge < -0.3 is 9.64 Å². The zero-order valence-corrected chi connectivity index (χ0v) is 11.3. The Hall–Kier alpha value is -0.610. The number of nitrogens with zero attached hydrogens (tertiary/aromatic N) is 2. The second kappa shape index (κ2) is 5.17. The number of carbonyl (C=O) groups is 1. The number of piperidine rings is 1. The third-order valence-corrected chi connectivity index (χ3v) is 4.81. The molecule has 2 atom stereocenters. The molecule has 4 aliphatic heterocycles. The van der Waals surface area contributed by atoms with E-state index in [2.05, 4.69) is 16.7 Å². The van der Waals surface area contributed by atoms with Crippen molar-refractivity contribution >= 4 is 5.91 Å². The first-order chi connectivity index (χ1) is 8.78. The van der Waals surface area contributed by atoms with Gasteiger partial charge in [0.25, 0.3) is 0 Å². The Balaban J connectivity index is 1.51. The molecular formula is C14H24N2O2. The van der Waals surface area contributed by atoms with Gasteiger partial charge in [0.2, 0.25) is 5.91 Å². The Morgan fingerprint density at radius 2 is 1.89 bits per heavy atom. The first-order valence-electron chi connectivity index (χ1n) is 7.39. The van der Waals surface area contributed by atoms with Gasteiger partial charge in [0, 0.05) is 44.8 Å². The van der Waals surface area contributed by atoms with Crippen LogP contribution >= 0.6 is 0 Å². The van der Waals surface area contributed by atoms with E-state index in [9.17, 15) is 4.79 Å². The van der Waals surface area contributed by atoms with E-state index in [1.54, 1.807) is 0 Å². The molecule has 4 heterocycles. The van der Waals surface area contributed by atoms with Crippen molar-refractivity contribution in [3.8, 4) is 0 Å². The van der Waals surface area contributed by atoms with Gasteiger partial charge in [-0.25, -0.2) is 0 Å². The molecule has 0 aromatic heterocycles. The van der Waals surface area contributed by atoms with Crippen LogP contribution in [0, 0.1) is 5.92 Å². The van der Waals surface area contributed by atoms with Gasteiger partial charge in [0.1, 0.15) is 0 Å². The lowest BCUT2D eigenvalue weighted by atomic mass is 9.85. The van der Waals surface area contributed by atoms with Crippen LogP contribution in [0.5, 0.6) is 0 Å². The number of rotatable bonds is 3. The normalized spacial score (nSPS) is 33.3. The minimum Gasteiger partial charge on any atom is -0.381 e. The van der Waals surface area contributed by atoms with Gasteiger partial charge in [0.15, 0.2) is 0 Å². The summed E-state index contributed by atoms with van der Waals surface area (Å²) in [5.41, 5.74) is 0. The number of amides is 1. The summed E-state index contributed by atoms with van der Waals surface area (Å²) in [6.45, 7) is 7.19. The van der Waals surface area contributed by atoms with Crippen molar-refractivity contribution < 1.29 is 9.53 Å². The van der Waals surface area contributed by atoms with Crippen molar-refractivity contribution in [3.05, 3.63) is 0 Å². The molecule has 4 fully saturated rings. The second-order valence-corrected chi connectivity index (χ2v) is 5.96. The van der Waals surface area contributed by atoms with Crippen molar-refractivity contribution in [2.45, 2.75) is 44.7 Å². The standard InChI is InChI=1S/C14H24N2O2/c1-2-15-9-12-8-13(10-15)16(12)14(17)7-11-3-5-18-6-4-11/h11-13H,2-10H2,1H3. The van der Waals surface area contributed by atoms with E-state index in [-0.39, 0.29) is 0 Å². The maximum Gasteiger partial charge on any atom is 0.223 e. The van der Waals surface area contributed by atoms with Gasteiger partial charge in [0.05, 0.1) is 0 Å². The molecule has 4 nitrogen and oxygen atoms in total. The number of hydrogen-bond donors (Lipinski definition) is 0. The molecule has 0 radical (unpaired) electrons. The van der Waals surface area contributed by atoms with Gasteiger partial charge in [-0.3, -0.25) is 9.69 Å². The molecule has 4 saturated heterocycles. The highest BCUT2D eigenvalue weighted by Crippen LogP contribution is 2.34. The van der Waals surface area contributed by atoms with Crippen LogP contribution in [0.25, 0.3) is 0 Å². The average Bonchev–Trinajstić information content (AvgIpc) is 2.39. The molecule has 2 bridgehead atoms. The molecule has 1 amide bonds. The summed E-state index contributed by atoms with van der Waals surface area (Å²) in [5.74, 6) is 0.966. The number of fused-ring (bicyclic) bond motifs is 2. The minimum absolute atomic E-state index is 0.402. The van der Waals surface area contributed by atoms with Gasteiger partial charge in [-0.05, 0) is 31.7 Å². The van der Waals surface area contributed by atoms with E-state index in [4.69, 9.17) is 4.74 Å². The molecule has 4 rings (SSSR count). The van der Waals surface area contributed by atoms with Gasteiger partial charge in [-0.15, -0.1) is 0 Å². The fourth-order valence-corrected chi connectivity index (χ4v) is 3.67. The summed E-state index contributed by atoms with van der Waals surface area (Å²) in [4.78, 5) is 17.0. The van der Waals surface area contributed by atoms with Crippen molar-refractivity contribution in [1.82, 2.24) is 9.80 Å². The molecule has 4 aliphatic rings. The maximum atomic E-state index is 12.4. The Labute approximate surface area is 109 Å². The lowest BCUT2D eigenvalue weighted by Gasteiger charge is -2.56. The monoisotopic (exact) mass is 252 g/mol. The number of likely N-dealkylation sites (N-methyl/N-ethyl adjacent to an activating group) is 1. The SMILES string of the molecule is CCN1CC2CC(C1)N2C(=O)CC1CCOCC1. The van der Waals surface area contributed by atoms with Gasteiger partial charge in [-0.1, -0.05) is 6.92 Å². The molecule has 102 valence electrons. The van der Waals surface area contributed by atoms with Crippen molar-refractivity contribution in [1.29, 1.82) is 0 Å². The summed E-state index contributed by atoms with van der Waals surface area (Å²) >= 11 is 0. The van der Waals surface area contributed by atoms with Crippen LogP contribution in [0.15, 0.2) is 0 Å². The maximum absolute atomic E-state index is 12.4. The number of hydrogen-bond acceptors (Lipinski definition) is 3. The minimum atomic E-state index is 0.402. The Bertz CT molecular complexity index is 303. The molecule has 4 heteroatoms. The molecule has 18 heavy (non-hydrogen) atoms. The highest BCUT2D eigenvalue weighted by atomic mass is 16.5. The van der Waals surface area contributed by atoms with Crippen molar-refractivity contribution in [2.24, 2.45) is 5.92 Å². The Kier molecular flexibility index (Phi) is 3.57. The van der Waals surface area contributed by atoms with Crippen LogP contribution in [-0.2, 0) is 9.53 Å². The van der Waals surface area contributed by atoms with Crippen LogP contribution in [0.1, 0.15) is 32.6 Å². The quantitative estimate of drug-likeness (QED) is 0.754. The summed E-state index contributed by atoms with van der Waals surface area (Å²) in [5, 5.41) is 0. The van der Waals surface area contributed by atoms with Crippen LogP contribution in [-0.4, -0.2) is 60.6 Å². The van der Waals surface area contributed by atoms with Gasteiger partial charge in [-0.2, -0.15) is 0 Å². The largest absolute Gasteiger partial charge is 0.381 e. The third kappa shape index (κ3) is 2.28. The number of carbonyl (C=O) groups excluding carboxylic acids is 1. The zero-order valence-electron chi connectivity index (χ0n) is 11.3. The van der Waals surface area contributed by atoms with Crippen molar-refractivity contribution in [2.75, 3.05) is 32.8 Å². The highest BCUT2D eigenvalue weighted by Gasteiger charge is 2.46. The van der Waals surface area contributed by atoms with E-state index in [0.717, 1.165) is 52.1 Å². The number of piperazine rings is 1. The van der Waals surface area contributed by atoms with Crippen LogP contribution in [0.2, 0.25) is 0 Å². The highest BCUT2D eigenvalue weighted by molar-refractivity contribution is 5.78. The molecule has 0 aromatic carbocycles. The van der Waals surface area contributed by atoms with E-state index in [1.807, 2.05) is 0 Å². The van der Waals surface area contributed by atoms with Crippen LogP contribution < -0.4 is 0 Å². The predicted octanol–water partition coefficient (Wildman–Crippen LogP) is 1.11. The lowest BCUT2D eigenvalue weighted by Crippen LogP contribution is -2.70. The lowest BCUT2D eigenvalue weighted by molar-refractivity contribution is -0.155. The van der Waals surface area contributed by atoms with Gasteiger partial charge >= 0.3 is 0 Å². The molecule has 0 N–H and O–H groups in total. The molecule has 2 unspecified atom stereocenters. The zero-order chi connectivity index (χ0) is 12.5. The summed E-state index contributed by atoms with van der Waals surface area (Å²) < 4.78 is 5.35. The summed E-state index contributed by atoms with van der Waals surface area (Å²) in [6, 6.07) is 1.02. The van der Waals surface area contributed by atoms with E-state index in [1.165, 1.54) is 6.42 Å². The second-order valence-electron chi connectivity index (χ2n) is 5.96. The molecule has 0 aliphatic carbocycles. The van der Waals surface area contributed by atoms with Crippen molar-refractivity contribution in [3.63, 3.8) is 0 Å². The number of ether oxygens (including phenoxy) is 1. The third-order valence-electron chi connectivity index (χ3n) is 4.81. The summed E-state index contributed by atoms with van der Waals surface area (Å²) in [6.07, 6.45) is 4.12.